The number of hydrogen-bond donors (Lipinski definition) is 1. The molecule has 0 fully saturated rings. The Hall–Kier alpha value is -3.91. The Morgan fingerprint density at radius 1 is 0.909 bits per heavy atom. The zero-order valence-electron chi connectivity index (χ0n) is 28.0. The second-order valence-electron chi connectivity index (χ2n) is 9.64. The number of aliphatic hydroxyl groups excluding tert-OH is 1. The van der Waals surface area contributed by atoms with Crippen molar-refractivity contribution >= 4 is 16.8 Å². The Balaban J connectivity index is 0.000000587. The van der Waals surface area contributed by atoms with Crippen LogP contribution in [-0.2, 0) is 0 Å². The summed E-state index contributed by atoms with van der Waals surface area (Å²) in [4.78, 5) is 24.0. The van der Waals surface area contributed by atoms with E-state index in [1.54, 1.807) is 19.1 Å². The first-order valence-electron chi connectivity index (χ1n) is 15.7. The first-order chi connectivity index (χ1) is 21.1. The van der Waals surface area contributed by atoms with Gasteiger partial charge >= 0.3 is 0 Å². The summed E-state index contributed by atoms with van der Waals surface area (Å²) in [6.45, 7) is 25.5. The Morgan fingerprint density at radius 3 is 2.07 bits per heavy atom. The molecule has 0 bridgehead atoms. The number of benzene rings is 2. The number of para-hydroxylation sites is 1. The lowest BCUT2D eigenvalue weighted by atomic mass is 9.99. The summed E-state index contributed by atoms with van der Waals surface area (Å²) in [6.07, 6.45) is 4.09. The van der Waals surface area contributed by atoms with Gasteiger partial charge in [0.1, 0.15) is 28.9 Å². The maximum atomic E-state index is 14.5. The third kappa shape index (κ3) is 9.81. The molecule has 44 heavy (non-hydrogen) atoms. The quantitative estimate of drug-likeness (QED) is 0.151. The second-order valence-corrected chi connectivity index (χ2v) is 9.64. The molecule has 240 valence electrons. The van der Waals surface area contributed by atoms with Gasteiger partial charge in [-0.1, -0.05) is 86.1 Å². The zero-order valence-corrected chi connectivity index (χ0v) is 28.0. The van der Waals surface area contributed by atoms with Gasteiger partial charge in [-0.25, -0.2) is 18.7 Å². The molecule has 2 aromatic heterocycles. The second kappa shape index (κ2) is 19.4. The SMILES string of the molecule is C=C(O)c1ccc(C)c(-c2nc(C)nc3c2ccc(=O)n3-c2c(F)cccc2F)c1.CC.CC.CCCCCN(CC)CC. The molecule has 0 aliphatic rings. The van der Waals surface area contributed by atoms with E-state index >= 15 is 0 Å². The summed E-state index contributed by atoms with van der Waals surface area (Å²) >= 11 is 0. The van der Waals surface area contributed by atoms with E-state index in [9.17, 15) is 18.7 Å². The fourth-order valence-electron chi connectivity index (χ4n) is 4.53. The highest BCUT2D eigenvalue weighted by atomic mass is 19.1. The summed E-state index contributed by atoms with van der Waals surface area (Å²) in [5.74, 6) is -1.53. The van der Waals surface area contributed by atoms with E-state index in [0.29, 0.717) is 28.0 Å². The number of pyridine rings is 1. The van der Waals surface area contributed by atoms with Gasteiger partial charge in [-0.2, -0.15) is 0 Å². The molecule has 2 aromatic carbocycles. The number of aryl methyl sites for hydroxylation is 2. The molecule has 0 spiro atoms. The van der Waals surface area contributed by atoms with Crippen LogP contribution in [0.1, 0.15) is 84.7 Å². The molecule has 4 rings (SSSR count). The van der Waals surface area contributed by atoms with E-state index in [1.165, 1.54) is 57.1 Å². The molecule has 0 aliphatic heterocycles. The van der Waals surface area contributed by atoms with E-state index in [2.05, 4.69) is 42.2 Å². The van der Waals surface area contributed by atoms with Crippen molar-refractivity contribution in [3.8, 4) is 16.9 Å². The number of aliphatic hydroxyl groups is 1. The van der Waals surface area contributed by atoms with Gasteiger partial charge in [0.15, 0.2) is 5.65 Å². The van der Waals surface area contributed by atoms with Crippen LogP contribution in [0, 0.1) is 25.5 Å². The van der Waals surface area contributed by atoms with Crippen LogP contribution in [0.2, 0.25) is 0 Å². The predicted octanol–water partition coefficient (Wildman–Crippen LogP) is 9.44. The summed E-state index contributed by atoms with van der Waals surface area (Å²) in [5, 5.41) is 10.2. The molecular formula is C36H50F2N4O2. The van der Waals surface area contributed by atoms with Gasteiger partial charge in [0.25, 0.3) is 5.56 Å². The molecule has 0 aliphatic carbocycles. The Morgan fingerprint density at radius 2 is 1.52 bits per heavy atom. The smallest absolute Gasteiger partial charge is 0.256 e. The average molecular weight is 609 g/mol. The van der Waals surface area contributed by atoms with E-state index < -0.39 is 22.9 Å². The van der Waals surface area contributed by atoms with Gasteiger partial charge in [-0.05, 0) is 69.7 Å². The molecule has 0 unspecified atom stereocenters. The van der Waals surface area contributed by atoms with Gasteiger partial charge in [0.2, 0.25) is 0 Å². The molecule has 0 radical (unpaired) electrons. The van der Waals surface area contributed by atoms with Crippen LogP contribution in [0.3, 0.4) is 0 Å². The molecule has 4 aromatic rings. The van der Waals surface area contributed by atoms with Crippen LogP contribution in [0.15, 0.2) is 59.9 Å². The number of rotatable bonds is 9. The minimum atomic E-state index is -0.878. The van der Waals surface area contributed by atoms with Crippen molar-refractivity contribution in [1.29, 1.82) is 0 Å². The summed E-state index contributed by atoms with van der Waals surface area (Å²) in [6, 6.07) is 11.4. The molecule has 0 saturated heterocycles. The third-order valence-electron chi connectivity index (χ3n) is 6.82. The zero-order chi connectivity index (χ0) is 33.4. The minimum absolute atomic E-state index is 0.0848. The number of fused-ring (bicyclic) bond motifs is 1. The van der Waals surface area contributed by atoms with Crippen molar-refractivity contribution in [3.63, 3.8) is 0 Å². The van der Waals surface area contributed by atoms with Crippen LogP contribution < -0.4 is 5.56 Å². The Bertz CT molecular complexity index is 1530. The van der Waals surface area contributed by atoms with Gasteiger partial charge in [-0.15, -0.1) is 0 Å². The first kappa shape index (κ1) is 38.1. The largest absolute Gasteiger partial charge is 0.508 e. The highest BCUT2D eigenvalue weighted by molar-refractivity contribution is 5.92. The van der Waals surface area contributed by atoms with Crippen molar-refractivity contribution < 1.29 is 13.9 Å². The first-order valence-corrected chi connectivity index (χ1v) is 15.7. The maximum absolute atomic E-state index is 14.5. The summed E-state index contributed by atoms with van der Waals surface area (Å²) in [5.41, 5.74) is 1.49. The van der Waals surface area contributed by atoms with Crippen LogP contribution in [0.25, 0.3) is 33.7 Å². The van der Waals surface area contributed by atoms with Crippen molar-refractivity contribution in [2.75, 3.05) is 19.6 Å². The standard InChI is InChI=1S/C23H17F2N3O2.C9H21N.2C2H6/c1-12-7-8-15(13(2)29)11-17(12)21-16-9-10-20(30)28(23(16)27-14(3)26-21)22-18(24)5-4-6-19(22)25;1-4-7-8-9-10(5-2)6-3;2*1-2/h4-11,29H,2H2,1,3H3;4-9H2,1-3H3;2*1-2H3. The maximum Gasteiger partial charge on any atom is 0.256 e. The average Bonchev–Trinajstić information content (AvgIpc) is 3.02. The molecule has 0 saturated carbocycles. The highest BCUT2D eigenvalue weighted by Crippen LogP contribution is 2.31. The fraction of sp³-hybridized carbons (Fsp3) is 0.417. The molecule has 8 heteroatoms. The van der Waals surface area contributed by atoms with Crippen LogP contribution >= 0.6 is 0 Å². The van der Waals surface area contributed by atoms with Crippen molar-refractivity contribution in [3.05, 3.63) is 94.0 Å². The van der Waals surface area contributed by atoms with Gasteiger partial charge in [0.05, 0.1) is 5.69 Å². The van der Waals surface area contributed by atoms with Crippen LogP contribution in [0.5, 0.6) is 0 Å². The van der Waals surface area contributed by atoms with E-state index in [1.807, 2.05) is 40.7 Å². The van der Waals surface area contributed by atoms with Gasteiger partial charge < -0.3 is 10.0 Å². The molecule has 2 heterocycles. The molecule has 1 N–H and O–H groups in total. The van der Waals surface area contributed by atoms with E-state index in [-0.39, 0.29) is 11.4 Å². The van der Waals surface area contributed by atoms with Crippen molar-refractivity contribution in [2.24, 2.45) is 0 Å². The van der Waals surface area contributed by atoms with Crippen molar-refractivity contribution in [1.82, 2.24) is 19.4 Å². The monoisotopic (exact) mass is 608 g/mol. The molecule has 0 atom stereocenters. The number of halogens is 2. The van der Waals surface area contributed by atoms with Gasteiger partial charge in [-0.3, -0.25) is 9.36 Å². The van der Waals surface area contributed by atoms with E-state index in [0.717, 1.165) is 22.3 Å². The number of aromatic nitrogens is 3. The topological polar surface area (TPSA) is 71.2 Å². The summed E-state index contributed by atoms with van der Waals surface area (Å²) < 4.78 is 29.9. The molecular weight excluding hydrogens is 558 g/mol. The third-order valence-corrected chi connectivity index (χ3v) is 6.82. The number of nitrogens with zero attached hydrogens (tertiary/aromatic N) is 4. The normalized spacial score (nSPS) is 10.3. The highest BCUT2D eigenvalue weighted by Gasteiger charge is 2.19. The fourth-order valence-corrected chi connectivity index (χ4v) is 4.53. The minimum Gasteiger partial charge on any atom is -0.508 e. The number of hydrogen-bond acceptors (Lipinski definition) is 5. The molecule has 0 amide bonds. The predicted molar refractivity (Wildman–Crippen MR) is 182 cm³/mol. The number of unbranched alkanes of at least 4 members (excludes halogenated alkanes) is 2. The lowest BCUT2D eigenvalue weighted by Crippen LogP contribution is -2.23. The van der Waals surface area contributed by atoms with E-state index in [4.69, 9.17) is 0 Å². The lowest BCUT2D eigenvalue weighted by molar-refractivity contribution is 0.296. The van der Waals surface area contributed by atoms with Crippen LogP contribution in [-0.4, -0.2) is 44.2 Å². The Kier molecular flexibility index (Phi) is 16.8. The lowest BCUT2D eigenvalue weighted by Gasteiger charge is -2.16. The molecule has 6 nitrogen and oxygen atoms in total. The Labute approximate surface area is 262 Å². The van der Waals surface area contributed by atoms with Crippen molar-refractivity contribution in [2.45, 2.75) is 81.6 Å². The van der Waals surface area contributed by atoms with Gasteiger partial charge in [0, 0.05) is 22.6 Å². The van der Waals surface area contributed by atoms with Crippen LogP contribution in [0.4, 0.5) is 8.78 Å². The summed E-state index contributed by atoms with van der Waals surface area (Å²) in [7, 11) is 0.